The molecule has 112 valence electrons. The number of halogens is 3. The van der Waals surface area contributed by atoms with E-state index in [1.54, 1.807) is 0 Å². The topological polar surface area (TPSA) is 15.7 Å². The van der Waals surface area contributed by atoms with Crippen LogP contribution in [0.25, 0.3) is 0 Å². The Balaban J connectivity index is 1.74. The van der Waals surface area contributed by atoms with E-state index < -0.39 is 12.4 Å². The van der Waals surface area contributed by atoms with Gasteiger partial charge in [0.1, 0.15) is 12.4 Å². The van der Waals surface area contributed by atoms with Crippen LogP contribution in [0.4, 0.5) is 12.9 Å². The highest BCUT2D eigenvalue weighted by atomic mass is 19.4. The first-order valence-corrected chi connectivity index (χ1v) is 6.79. The van der Waals surface area contributed by atoms with Gasteiger partial charge < -0.3 is 22.6 Å². The number of hydrogen-bond donors (Lipinski definition) is 0. The summed E-state index contributed by atoms with van der Waals surface area (Å²) in [6, 6.07) is 4.92. The Morgan fingerprint density at radius 2 is 1.65 bits per heavy atom. The van der Waals surface area contributed by atoms with E-state index in [9.17, 15) is 12.9 Å². The standard InChI is InChI=1S/C13H19BF3N2O/c1-18-6-8-19(9-7-18)10-11-20-13-4-2-12(3-5-13)14(15,16)17/h2-5H,6-11H2,1H3/q-1. The van der Waals surface area contributed by atoms with E-state index in [0.717, 1.165) is 44.9 Å². The molecule has 7 heteroatoms. The number of piperazine rings is 1. The Hall–Kier alpha value is -1.21. The van der Waals surface area contributed by atoms with Crippen LogP contribution >= 0.6 is 0 Å². The van der Waals surface area contributed by atoms with Crippen molar-refractivity contribution in [2.75, 3.05) is 46.4 Å². The van der Waals surface area contributed by atoms with Gasteiger partial charge in [-0.25, -0.2) is 0 Å². The molecule has 0 unspecified atom stereocenters. The van der Waals surface area contributed by atoms with Crippen LogP contribution in [0.15, 0.2) is 24.3 Å². The van der Waals surface area contributed by atoms with Crippen LogP contribution in [0.1, 0.15) is 0 Å². The number of hydrogen-bond acceptors (Lipinski definition) is 3. The fourth-order valence-corrected chi connectivity index (χ4v) is 2.15. The van der Waals surface area contributed by atoms with Gasteiger partial charge in [0.2, 0.25) is 0 Å². The van der Waals surface area contributed by atoms with Crippen molar-refractivity contribution in [3.63, 3.8) is 0 Å². The maximum absolute atomic E-state index is 12.5. The minimum Gasteiger partial charge on any atom is -0.492 e. The molecule has 0 amide bonds. The third-order valence-corrected chi connectivity index (χ3v) is 3.53. The third-order valence-electron chi connectivity index (χ3n) is 3.53. The molecular formula is C13H19BF3N2O-. The molecule has 1 heterocycles. The molecule has 0 saturated carbocycles. The van der Waals surface area contributed by atoms with Crippen molar-refractivity contribution >= 4 is 12.4 Å². The van der Waals surface area contributed by atoms with Crippen LogP contribution in [0.3, 0.4) is 0 Å². The average Bonchev–Trinajstić information content (AvgIpc) is 2.41. The van der Waals surface area contributed by atoms with Gasteiger partial charge in [-0.15, -0.1) is 5.46 Å². The van der Waals surface area contributed by atoms with Gasteiger partial charge in [0.15, 0.2) is 0 Å². The molecule has 1 aliphatic heterocycles. The fourth-order valence-electron chi connectivity index (χ4n) is 2.15. The van der Waals surface area contributed by atoms with Crippen LogP contribution in [0.5, 0.6) is 5.75 Å². The first kappa shape index (κ1) is 15.2. The SMILES string of the molecule is CN1CCN(CCOc2ccc([B-](F)(F)F)cc2)CC1. The summed E-state index contributed by atoms with van der Waals surface area (Å²) in [5.74, 6) is 0.489. The molecule has 0 N–H and O–H groups in total. The zero-order valence-corrected chi connectivity index (χ0v) is 11.6. The first-order chi connectivity index (χ1) is 9.45. The van der Waals surface area contributed by atoms with E-state index in [-0.39, 0.29) is 0 Å². The number of rotatable bonds is 5. The molecular weight excluding hydrogens is 268 g/mol. The quantitative estimate of drug-likeness (QED) is 0.761. The largest absolute Gasteiger partial charge is 0.509 e. The zero-order valence-electron chi connectivity index (χ0n) is 11.6. The summed E-state index contributed by atoms with van der Waals surface area (Å²) in [4.78, 5) is 4.57. The third kappa shape index (κ3) is 4.42. The van der Waals surface area contributed by atoms with Crippen molar-refractivity contribution < 1.29 is 17.7 Å². The Kier molecular flexibility index (Phi) is 4.93. The summed E-state index contributed by atoms with van der Waals surface area (Å²) in [6.45, 7) is 0.490. The van der Waals surface area contributed by atoms with Crippen LogP contribution < -0.4 is 10.2 Å². The Labute approximate surface area is 117 Å². The second-order valence-electron chi connectivity index (χ2n) is 5.14. The van der Waals surface area contributed by atoms with Gasteiger partial charge in [-0.2, -0.15) is 0 Å². The van der Waals surface area contributed by atoms with Crippen LogP contribution in [-0.2, 0) is 0 Å². The van der Waals surface area contributed by atoms with E-state index in [0.29, 0.717) is 12.4 Å². The van der Waals surface area contributed by atoms with Crippen molar-refractivity contribution in [1.82, 2.24) is 9.80 Å². The van der Waals surface area contributed by atoms with E-state index in [1.807, 2.05) is 0 Å². The van der Waals surface area contributed by atoms with Gasteiger partial charge in [-0.05, 0) is 19.2 Å². The minimum absolute atomic E-state index is 0.489. The molecule has 0 spiro atoms. The predicted octanol–water partition coefficient (Wildman–Crippen LogP) is 1.37. The summed E-state index contributed by atoms with van der Waals surface area (Å²) in [5, 5.41) is 0. The van der Waals surface area contributed by atoms with E-state index in [4.69, 9.17) is 4.74 Å². The Morgan fingerprint density at radius 1 is 1.05 bits per heavy atom. The molecule has 1 saturated heterocycles. The van der Waals surface area contributed by atoms with Crippen molar-refractivity contribution in [1.29, 1.82) is 0 Å². The van der Waals surface area contributed by atoms with Gasteiger partial charge in [0.25, 0.3) is 0 Å². The van der Waals surface area contributed by atoms with E-state index in [2.05, 4.69) is 16.8 Å². The molecule has 20 heavy (non-hydrogen) atoms. The smallest absolute Gasteiger partial charge is 0.492 e. The number of benzene rings is 1. The molecule has 0 radical (unpaired) electrons. The molecule has 0 bridgehead atoms. The predicted molar refractivity (Wildman–Crippen MR) is 74.6 cm³/mol. The Morgan fingerprint density at radius 3 is 2.20 bits per heavy atom. The molecule has 0 aromatic heterocycles. The summed E-state index contributed by atoms with van der Waals surface area (Å²) in [6.07, 6.45) is 0. The monoisotopic (exact) mass is 287 g/mol. The molecule has 1 fully saturated rings. The fraction of sp³-hybridized carbons (Fsp3) is 0.538. The highest BCUT2D eigenvalue weighted by molar-refractivity contribution is 6.73. The molecule has 1 aromatic carbocycles. The Bertz CT molecular complexity index is 417. The second-order valence-corrected chi connectivity index (χ2v) is 5.14. The minimum atomic E-state index is -4.92. The lowest BCUT2D eigenvalue weighted by atomic mass is 9.80. The molecule has 0 atom stereocenters. The summed E-state index contributed by atoms with van der Waals surface area (Å²) < 4.78 is 42.9. The number of ether oxygens (including phenoxy) is 1. The first-order valence-electron chi connectivity index (χ1n) is 6.79. The van der Waals surface area contributed by atoms with E-state index >= 15 is 0 Å². The van der Waals surface area contributed by atoms with Gasteiger partial charge in [-0.1, -0.05) is 12.1 Å². The molecule has 0 aliphatic carbocycles. The van der Waals surface area contributed by atoms with Gasteiger partial charge in [-0.3, -0.25) is 4.90 Å². The number of nitrogens with zero attached hydrogens (tertiary/aromatic N) is 2. The van der Waals surface area contributed by atoms with Gasteiger partial charge >= 0.3 is 6.98 Å². The molecule has 2 rings (SSSR count). The van der Waals surface area contributed by atoms with Crippen molar-refractivity contribution in [3.8, 4) is 5.75 Å². The molecule has 1 aromatic rings. The lowest BCUT2D eigenvalue weighted by Crippen LogP contribution is -2.45. The van der Waals surface area contributed by atoms with Crippen LogP contribution in [-0.4, -0.2) is 63.2 Å². The summed E-state index contributed by atoms with van der Waals surface area (Å²) in [7, 11) is 2.09. The maximum Gasteiger partial charge on any atom is 0.509 e. The van der Waals surface area contributed by atoms with Crippen LogP contribution in [0, 0.1) is 0 Å². The lowest BCUT2D eigenvalue weighted by molar-refractivity contribution is 0.134. The van der Waals surface area contributed by atoms with E-state index in [1.165, 1.54) is 12.1 Å². The normalized spacial score (nSPS) is 18.2. The van der Waals surface area contributed by atoms with Crippen LogP contribution in [0.2, 0.25) is 0 Å². The van der Waals surface area contributed by atoms with Crippen molar-refractivity contribution in [3.05, 3.63) is 24.3 Å². The van der Waals surface area contributed by atoms with Crippen molar-refractivity contribution in [2.24, 2.45) is 0 Å². The highest BCUT2D eigenvalue weighted by Crippen LogP contribution is 2.13. The van der Waals surface area contributed by atoms with Gasteiger partial charge in [0, 0.05) is 32.7 Å². The second kappa shape index (κ2) is 6.50. The summed E-state index contributed by atoms with van der Waals surface area (Å²) in [5.41, 5.74) is -0.587. The van der Waals surface area contributed by atoms with Gasteiger partial charge in [0.05, 0.1) is 0 Å². The lowest BCUT2D eigenvalue weighted by Gasteiger charge is -2.32. The molecule has 3 nitrogen and oxygen atoms in total. The summed E-state index contributed by atoms with van der Waals surface area (Å²) >= 11 is 0. The highest BCUT2D eigenvalue weighted by Gasteiger charge is 2.25. The zero-order chi connectivity index (χ0) is 14.6. The number of likely N-dealkylation sites (N-methyl/N-ethyl adjacent to an activating group) is 1. The molecule has 1 aliphatic rings. The maximum atomic E-state index is 12.5. The van der Waals surface area contributed by atoms with Crippen molar-refractivity contribution in [2.45, 2.75) is 0 Å². The average molecular weight is 287 g/mol.